The molecule has 1 aromatic heterocycles. The highest BCUT2D eigenvalue weighted by molar-refractivity contribution is 5.92. The van der Waals surface area contributed by atoms with Crippen molar-refractivity contribution < 1.29 is 23.9 Å². The number of amides is 3. The Morgan fingerprint density at radius 2 is 1.87 bits per heavy atom. The lowest BCUT2D eigenvalue weighted by atomic mass is 9.90. The van der Waals surface area contributed by atoms with E-state index in [0.29, 0.717) is 31.8 Å². The van der Waals surface area contributed by atoms with Gasteiger partial charge in [-0.2, -0.15) is 5.26 Å². The summed E-state index contributed by atoms with van der Waals surface area (Å²) in [5, 5.41) is 12.7. The second-order valence-electron chi connectivity index (χ2n) is 11.6. The number of methoxy groups -OCH3 is 1. The average Bonchev–Trinajstić information content (AvgIpc) is 3.47. The van der Waals surface area contributed by atoms with Crippen molar-refractivity contribution in [2.24, 2.45) is 5.92 Å². The lowest BCUT2D eigenvalue weighted by Crippen LogP contribution is -2.57. The summed E-state index contributed by atoms with van der Waals surface area (Å²) in [6.45, 7) is 7.91. The van der Waals surface area contributed by atoms with Crippen molar-refractivity contribution in [2.45, 2.75) is 95.9 Å². The zero-order valence-corrected chi connectivity index (χ0v) is 23.0. The molecule has 5 atom stereocenters. The quantitative estimate of drug-likeness (QED) is 0.639. The zero-order chi connectivity index (χ0) is 27.6. The van der Waals surface area contributed by atoms with E-state index in [2.05, 4.69) is 16.4 Å². The number of ether oxygens (including phenoxy) is 2. The Bertz CT molecular complexity index is 1110. The van der Waals surface area contributed by atoms with Crippen molar-refractivity contribution in [3.63, 3.8) is 0 Å². The molecule has 0 unspecified atom stereocenters. The Morgan fingerprint density at radius 1 is 1.13 bits per heavy atom. The van der Waals surface area contributed by atoms with E-state index in [1.807, 2.05) is 19.1 Å². The normalized spacial score (nSPS) is 27.7. The van der Waals surface area contributed by atoms with Crippen LogP contribution >= 0.6 is 0 Å². The zero-order valence-electron chi connectivity index (χ0n) is 23.0. The van der Waals surface area contributed by atoms with Gasteiger partial charge >= 0.3 is 6.09 Å². The molecule has 10 heteroatoms. The van der Waals surface area contributed by atoms with Crippen molar-refractivity contribution in [2.75, 3.05) is 20.2 Å². The SMILES string of the molecule is COc1cc([C@@H]2CN(C(=O)[C@@H]3CC[C@@H]4CCCC[C@H](NC(=O)OC(C)(C)C)C(=O)N43)C[C@H]2C#N)cc(C)n1. The maximum Gasteiger partial charge on any atom is 0.408 e. The smallest absolute Gasteiger partial charge is 0.408 e. The summed E-state index contributed by atoms with van der Waals surface area (Å²) in [4.78, 5) is 47.9. The van der Waals surface area contributed by atoms with Crippen LogP contribution in [0.15, 0.2) is 12.1 Å². The third-order valence-corrected chi connectivity index (χ3v) is 7.70. The predicted molar refractivity (Wildman–Crippen MR) is 139 cm³/mol. The van der Waals surface area contributed by atoms with Crippen molar-refractivity contribution in [1.82, 2.24) is 20.1 Å². The number of fused-ring (bicyclic) bond motifs is 1. The van der Waals surface area contributed by atoms with Crippen LogP contribution in [0.3, 0.4) is 0 Å². The minimum absolute atomic E-state index is 0.0306. The minimum atomic E-state index is -0.730. The van der Waals surface area contributed by atoms with Crippen molar-refractivity contribution in [1.29, 1.82) is 5.26 Å². The first kappa shape index (κ1) is 27.7. The third kappa shape index (κ3) is 6.03. The van der Waals surface area contributed by atoms with E-state index in [-0.39, 0.29) is 29.7 Å². The number of rotatable bonds is 4. The predicted octanol–water partition coefficient (Wildman–Crippen LogP) is 3.29. The van der Waals surface area contributed by atoms with Gasteiger partial charge in [0.2, 0.25) is 17.7 Å². The number of carbonyl (C=O) groups is 3. The molecule has 0 bridgehead atoms. The molecule has 3 aliphatic rings. The Balaban J connectivity index is 1.52. The van der Waals surface area contributed by atoms with Gasteiger partial charge in [0.25, 0.3) is 0 Å². The van der Waals surface area contributed by atoms with Gasteiger partial charge < -0.3 is 24.6 Å². The van der Waals surface area contributed by atoms with Crippen molar-refractivity contribution in [3.8, 4) is 11.9 Å². The van der Waals surface area contributed by atoms with E-state index in [4.69, 9.17) is 9.47 Å². The number of nitrogens with one attached hydrogen (secondary N) is 1. The first-order chi connectivity index (χ1) is 18.0. The number of aryl methyl sites for hydroxylation is 1. The van der Waals surface area contributed by atoms with Gasteiger partial charge in [-0.05, 0) is 65.0 Å². The molecule has 3 saturated heterocycles. The molecule has 0 radical (unpaired) electrons. The number of aromatic nitrogens is 1. The first-order valence-electron chi connectivity index (χ1n) is 13.5. The number of pyridine rings is 1. The largest absolute Gasteiger partial charge is 0.481 e. The number of alkyl carbamates (subject to hydrolysis) is 1. The molecule has 3 amide bonds. The van der Waals surface area contributed by atoms with E-state index in [1.54, 1.807) is 37.7 Å². The van der Waals surface area contributed by atoms with Crippen LogP contribution in [0.2, 0.25) is 0 Å². The highest BCUT2D eigenvalue weighted by Gasteiger charge is 2.47. The highest BCUT2D eigenvalue weighted by Crippen LogP contribution is 2.37. The number of nitriles is 1. The molecule has 206 valence electrons. The first-order valence-corrected chi connectivity index (χ1v) is 13.5. The second kappa shape index (κ2) is 11.2. The molecular weight excluding hydrogens is 486 g/mol. The molecule has 0 aliphatic carbocycles. The number of nitrogens with zero attached hydrogens (tertiary/aromatic N) is 4. The molecule has 10 nitrogen and oxygen atoms in total. The van der Waals surface area contributed by atoms with E-state index < -0.39 is 23.8 Å². The Labute approximate surface area is 224 Å². The Kier molecular flexibility index (Phi) is 8.14. The fourth-order valence-corrected chi connectivity index (χ4v) is 6.00. The van der Waals surface area contributed by atoms with Crippen LogP contribution in [0.25, 0.3) is 0 Å². The topological polar surface area (TPSA) is 125 Å². The van der Waals surface area contributed by atoms with Gasteiger partial charge in [-0.25, -0.2) is 9.78 Å². The Morgan fingerprint density at radius 3 is 2.55 bits per heavy atom. The van der Waals surface area contributed by atoms with Crippen LogP contribution in [-0.4, -0.2) is 76.6 Å². The maximum atomic E-state index is 13.9. The van der Waals surface area contributed by atoms with Crippen LogP contribution in [0.4, 0.5) is 4.79 Å². The second-order valence-corrected chi connectivity index (χ2v) is 11.6. The van der Waals surface area contributed by atoms with Gasteiger partial charge in [0.05, 0.1) is 19.1 Å². The molecule has 1 N–H and O–H groups in total. The molecule has 0 aromatic carbocycles. The standard InChI is InChI=1S/C28H39N5O5/c1-17-12-18(13-24(30-17)37-5)21-16-32(15-19(21)14-29)26(35)23-11-10-20-8-6-7-9-22(25(34)33(20)23)31-27(36)38-28(2,3)4/h12-13,19-23H,6-11,15-16H2,1-5H3,(H,31,36)/t19-,20+,21+,22+,23+/m1/s1. The van der Waals surface area contributed by atoms with E-state index in [9.17, 15) is 19.6 Å². The van der Waals surface area contributed by atoms with Gasteiger partial charge in [-0.15, -0.1) is 0 Å². The average molecular weight is 526 g/mol. The van der Waals surface area contributed by atoms with Gasteiger partial charge in [-0.3, -0.25) is 9.59 Å². The van der Waals surface area contributed by atoms with Gasteiger partial charge in [0, 0.05) is 36.8 Å². The summed E-state index contributed by atoms with van der Waals surface area (Å²) in [6, 6.07) is 4.79. The maximum absolute atomic E-state index is 13.9. The molecule has 0 spiro atoms. The summed E-state index contributed by atoms with van der Waals surface area (Å²) in [7, 11) is 1.56. The van der Waals surface area contributed by atoms with Crippen molar-refractivity contribution >= 4 is 17.9 Å². The minimum Gasteiger partial charge on any atom is -0.481 e. The molecular formula is C28H39N5O5. The Hall–Kier alpha value is -3.35. The number of hydrogen-bond acceptors (Lipinski definition) is 7. The molecule has 0 saturated carbocycles. The van der Waals surface area contributed by atoms with Crippen LogP contribution in [0, 0.1) is 24.2 Å². The van der Waals surface area contributed by atoms with Gasteiger partial charge in [0.1, 0.15) is 17.7 Å². The van der Waals surface area contributed by atoms with E-state index >= 15 is 0 Å². The monoisotopic (exact) mass is 525 g/mol. The fourth-order valence-electron chi connectivity index (χ4n) is 6.00. The molecule has 38 heavy (non-hydrogen) atoms. The summed E-state index contributed by atoms with van der Waals surface area (Å²) in [5.74, 6) is -0.403. The third-order valence-electron chi connectivity index (χ3n) is 7.70. The number of hydrogen-bond donors (Lipinski definition) is 1. The molecule has 4 rings (SSSR count). The highest BCUT2D eigenvalue weighted by atomic mass is 16.6. The van der Waals surface area contributed by atoms with Crippen LogP contribution in [0.5, 0.6) is 5.88 Å². The van der Waals surface area contributed by atoms with Crippen LogP contribution in [-0.2, 0) is 14.3 Å². The lowest BCUT2D eigenvalue weighted by molar-refractivity contribution is -0.146. The van der Waals surface area contributed by atoms with Gasteiger partial charge in [-0.1, -0.05) is 12.8 Å². The lowest BCUT2D eigenvalue weighted by Gasteiger charge is -2.36. The van der Waals surface area contributed by atoms with E-state index in [0.717, 1.165) is 36.9 Å². The van der Waals surface area contributed by atoms with E-state index in [1.165, 1.54) is 0 Å². The summed E-state index contributed by atoms with van der Waals surface area (Å²) in [6.07, 6.45) is 3.80. The summed E-state index contributed by atoms with van der Waals surface area (Å²) < 4.78 is 10.7. The summed E-state index contributed by atoms with van der Waals surface area (Å²) in [5.41, 5.74) is 1.03. The van der Waals surface area contributed by atoms with Gasteiger partial charge in [0.15, 0.2) is 0 Å². The van der Waals surface area contributed by atoms with Crippen LogP contribution in [0.1, 0.15) is 76.5 Å². The molecule has 3 fully saturated rings. The number of likely N-dealkylation sites (tertiary alicyclic amines) is 1. The van der Waals surface area contributed by atoms with Crippen LogP contribution < -0.4 is 10.1 Å². The molecule has 4 heterocycles. The number of carbonyl (C=O) groups excluding carboxylic acids is 3. The summed E-state index contributed by atoms with van der Waals surface area (Å²) >= 11 is 0. The molecule has 3 aliphatic heterocycles. The van der Waals surface area contributed by atoms with Crippen molar-refractivity contribution in [3.05, 3.63) is 23.4 Å². The molecule has 1 aromatic rings. The fraction of sp³-hybridized carbons (Fsp3) is 0.679.